The van der Waals surface area contributed by atoms with Gasteiger partial charge in [-0.1, -0.05) is 13.8 Å². The van der Waals surface area contributed by atoms with Gasteiger partial charge in [0.25, 0.3) is 0 Å². The molecule has 2 N–H and O–H groups in total. The smallest absolute Gasteiger partial charge is 0.103 e. The van der Waals surface area contributed by atoms with Gasteiger partial charge in [-0.25, -0.2) is 0 Å². The Bertz CT molecular complexity index is 562. The molecule has 0 aromatic carbocycles. The second kappa shape index (κ2) is 5.65. The highest BCUT2D eigenvalue weighted by atomic mass is 16.3. The monoisotopic (exact) mass is 287 g/mol. The summed E-state index contributed by atoms with van der Waals surface area (Å²) in [5.74, 6) is 0. The number of aryl methyl sites for hydroxylation is 2. The summed E-state index contributed by atoms with van der Waals surface area (Å²) in [4.78, 5) is 4.31. The number of hydrogen-bond acceptors (Lipinski definition) is 4. The van der Waals surface area contributed by atoms with E-state index in [1.54, 1.807) is 0 Å². The SMILES string of the molecule is Cc1cc(NCC2(O)CCC(C)(C)CC2)c(C#N)c(C)n1. The van der Waals surface area contributed by atoms with Crippen LogP contribution in [0.4, 0.5) is 5.69 Å². The average Bonchev–Trinajstić information content (AvgIpc) is 2.40. The minimum Gasteiger partial charge on any atom is -0.388 e. The maximum Gasteiger partial charge on any atom is 0.103 e. The third-order valence-corrected chi connectivity index (χ3v) is 4.58. The summed E-state index contributed by atoms with van der Waals surface area (Å²) < 4.78 is 0. The van der Waals surface area contributed by atoms with E-state index in [-0.39, 0.29) is 0 Å². The van der Waals surface area contributed by atoms with Crippen molar-refractivity contribution in [2.24, 2.45) is 5.41 Å². The Morgan fingerprint density at radius 3 is 2.48 bits per heavy atom. The first-order valence-corrected chi connectivity index (χ1v) is 7.59. The van der Waals surface area contributed by atoms with Crippen LogP contribution in [0.3, 0.4) is 0 Å². The van der Waals surface area contributed by atoms with Gasteiger partial charge < -0.3 is 10.4 Å². The molecule has 0 bridgehead atoms. The van der Waals surface area contributed by atoms with Gasteiger partial charge in [0, 0.05) is 12.2 Å². The van der Waals surface area contributed by atoms with Crippen LogP contribution in [0.15, 0.2) is 6.07 Å². The lowest BCUT2D eigenvalue weighted by Gasteiger charge is -2.40. The number of nitrogens with one attached hydrogen (secondary N) is 1. The van der Waals surface area contributed by atoms with Crippen molar-refractivity contribution in [2.45, 2.75) is 59.0 Å². The summed E-state index contributed by atoms with van der Waals surface area (Å²) in [5, 5.41) is 23.2. The summed E-state index contributed by atoms with van der Waals surface area (Å²) in [6.45, 7) is 8.75. The van der Waals surface area contributed by atoms with E-state index < -0.39 is 5.60 Å². The van der Waals surface area contributed by atoms with Gasteiger partial charge in [-0.3, -0.25) is 4.98 Å². The molecule has 1 fully saturated rings. The number of anilines is 1. The van der Waals surface area contributed by atoms with Crippen LogP contribution in [-0.2, 0) is 0 Å². The fourth-order valence-corrected chi connectivity index (χ4v) is 2.94. The molecule has 0 spiro atoms. The van der Waals surface area contributed by atoms with Crippen LogP contribution in [0.25, 0.3) is 0 Å². The molecule has 1 aliphatic carbocycles. The number of nitrogens with zero attached hydrogens (tertiary/aromatic N) is 2. The quantitative estimate of drug-likeness (QED) is 0.895. The van der Waals surface area contributed by atoms with Gasteiger partial charge in [0.1, 0.15) is 6.07 Å². The zero-order valence-electron chi connectivity index (χ0n) is 13.5. The molecular weight excluding hydrogens is 262 g/mol. The summed E-state index contributed by atoms with van der Waals surface area (Å²) in [7, 11) is 0. The van der Waals surface area contributed by atoms with Crippen LogP contribution in [0.5, 0.6) is 0 Å². The molecule has 0 radical (unpaired) electrons. The van der Waals surface area contributed by atoms with E-state index >= 15 is 0 Å². The predicted molar refractivity (Wildman–Crippen MR) is 84.1 cm³/mol. The number of hydrogen-bond donors (Lipinski definition) is 2. The first-order chi connectivity index (χ1) is 9.75. The molecule has 21 heavy (non-hydrogen) atoms. The fraction of sp³-hybridized carbons (Fsp3) is 0.647. The first-order valence-electron chi connectivity index (χ1n) is 7.59. The highest BCUT2D eigenvalue weighted by Gasteiger charge is 2.36. The summed E-state index contributed by atoms with van der Waals surface area (Å²) in [6, 6.07) is 4.07. The van der Waals surface area contributed by atoms with Crippen LogP contribution >= 0.6 is 0 Å². The molecular formula is C17H25N3O. The average molecular weight is 287 g/mol. The molecule has 4 nitrogen and oxygen atoms in total. The lowest BCUT2D eigenvalue weighted by Crippen LogP contribution is -2.42. The molecule has 0 aliphatic heterocycles. The Balaban J connectivity index is 2.09. The Kier molecular flexibility index (Phi) is 4.25. The van der Waals surface area contributed by atoms with E-state index in [2.05, 4.69) is 30.2 Å². The third-order valence-electron chi connectivity index (χ3n) is 4.58. The summed E-state index contributed by atoms with van der Waals surface area (Å²) in [5.41, 5.74) is 2.62. The highest BCUT2D eigenvalue weighted by molar-refractivity contribution is 5.60. The van der Waals surface area contributed by atoms with Gasteiger partial charge in [-0.15, -0.1) is 0 Å². The molecule has 0 atom stereocenters. The Hall–Kier alpha value is -1.60. The molecule has 1 aromatic heterocycles. The van der Waals surface area contributed by atoms with E-state index in [0.29, 0.717) is 17.5 Å². The molecule has 114 valence electrons. The van der Waals surface area contributed by atoms with Crippen LogP contribution < -0.4 is 5.32 Å². The van der Waals surface area contributed by atoms with Crippen molar-refractivity contribution in [3.8, 4) is 6.07 Å². The summed E-state index contributed by atoms with van der Waals surface area (Å²) in [6.07, 6.45) is 3.67. The Labute approximate surface area is 127 Å². The second-order valence-corrected chi connectivity index (χ2v) is 7.13. The van der Waals surface area contributed by atoms with Crippen molar-refractivity contribution >= 4 is 5.69 Å². The molecule has 4 heteroatoms. The zero-order chi connectivity index (χ0) is 15.7. The predicted octanol–water partition coefficient (Wildman–Crippen LogP) is 3.31. The number of aromatic nitrogens is 1. The Morgan fingerprint density at radius 2 is 1.90 bits per heavy atom. The van der Waals surface area contributed by atoms with Crippen molar-refractivity contribution < 1.29 is 5.11 Å². The first kappa shape index (κ1) is 15.8. The van der Waals surface area contributed by atoms with Crippen molar-refractivity contribution in [3.05, 3.63) is 23.0 Å². The highest BCUT2D eigenvalue weighted by Crippen LogP contribution is 2.40. The van der Waals surface area contributed by atoms with Gasteiger partial charge in [0.05, 0.1) is 22.5 Å². The van der Waals surface area contributed by atoms with E-state index in [1.807, 2.05) is 19.9 Å². The molecule has 1 aliphatic rings. The molecule has 0 unspecified atom stereocenters. The number of aliphatic hydroxyl groups is 1. The normalized spacial score (nSPS) is 19.8. The van der Waals surface area contributed by atoms with Gasteiger partial charge >= 0.3 is 0 Å². The zero-order valence-corrected chi connectivity index (χ0v) is 13.5. The van der Waals surface area contributed by atoms with E-state index in [9.17, 15) is 10.4 Å². The third kappa shape index (κ3) is 3.74. The molecule has 0 saturated heterocycles. The molecule has 1 aromatic rings. The van der Waals surface area contributed by atoms with Crippen LogP contribution in [0.1, 0.15) is 56.5 Å². The number of rotatable bonds is 3. The number of nitriles is 1. The largest absolute Gasteiger partial charge is 0.388 e. The molecule has 0 amide bonds. The molecule has 2 rings (SSSR count). The second-order valence-electron chi connectivity index (χ2n) is 7.13. The van der Waals surface area contributed by atoms with Crippen molar-refractivity contribution in [1.29, 1.82) is 5.26 Å². The summed E-state index contributed by atoms with van der Waals surface area (Å²) >= 11 is 0. The fourth-order valence-electron chi connectivity index (χ4n) is 2.94. The van der Waals surface area contributed by atoms with Gasteiger partial charge in [0.2, 0.25) is 0 Å². The van der Waals surface area contributed by atoms with E-state index in [0.717, 1.165) is 42.8 Å². The maximum absolute atomic E-state index is 10.7. The van der Waals surface area contributed by atoms with E-state index in [1.165, 1.54) is 0 Å². The molecule has 1 saturated carbocycles. The topological polar surface area (TPSA) is 68.9 Å². The molecule has 1 heterocycles. The van der Waals surface area contributed by atoms with Crippen LogP contribution in [0.2, 0.25) is 0 Å². The lowest BCUT2D eigenvalue weighted by molar-refractivity contribution is -0.0145. The van der Waals surface area contributed by atoms with E-state index in [4.69, 9.17) is 0 Å². The van der Waals surface area contributed by atoms with Gasteiger partial charge in [-0.05, 0) is 51.0 Å². The number of pyridine rings is 1. The standard InChI is InChI=1S/C17H25N3O/c1-12-9-15(14(10-18)13(2)20-12)19-11-17(21)7-5-16(3,4)6-8-17/h9,21H,5-8,11H2,1-4H3,(H,19,20). The van der Waals surface area contributed by atoms with Crippen molar-refractivity contribution in [3.63, 3.8) is 0 Å². The lowest BCUT2D eigenvalue weighted by atomic mass is 9.71. The minimum atomic E-state index is -0.673. The van der Waals surface area contributed by atoms with Crippen molar-refractivity contribution in [2.75, 3.05) is 11.9 Å². The van der Waals surface area contributed by atoms with Crippen LogP contribution in [0, 0.1) is 30.6 Å². The Morgan fingerprint density at radius 1 is 1.29 bits per heavy atom. The van der Waals surface area contributed by atoms with Gasteiger partial charge in [0.15, 0.2) is 0 Å². The minimum absolute atomic E-state index is 0.327. The van der Waals surface area contributed by atoms with Crippen LogP contribution in [-0.4, -0.2) is 22.2 Å². The van der Waals surface area contributed by atoms with Crippen molar-refractivity contribution in [1.82, 2.24) is 4.98 Å². The maximum atomic E-state index is 10.7. The van der Waals surface area contributed by atoms with Gasteiger partial charge in [-0.2, -0.15) is 5.26 Å².